The van der Waals surface area contributed by atoms with Crippen LogP contribution >= 0.6 is 31.9 Å². The molecule has 0 bridgehead atoms. The lowest BCUT2D eigenvalue weighted by molar-refractivity contribution is 0.184. The molecule has 0 spiro atoms. The Morgan fingerprint density at radius 3 is 2.32 bits per heavy atom. The minimum Gasteiger partial charge on any atom is -0.491 e. The molecule has 0 radical (unpaired) electrons. The Morgan fingerprint density at radius 1 is 1.11 bits per heavy atom. The van der Waals surface area contributed by atoms with Crippen LogP contribution in [0.25, 0.3) is 0 Å². The predicted octanol–water partition coefficient (Wildman–Crippen LogP) is 4.13. The van der Waals surface area contributed by atoms with E-state index in [1.807, 2.05) is 0 Å². The SMILES string of the molecule is CCNCc1cc(Br)c(OCCCCOC)c(Br)c1. The molecule has 19 heavy (non-hydrogen) atoms. The maximum Gasteiger partial charge on any atom is 0.147 e. The molecule has 0 amide bonds. The number of benzene rings is 1. The second-order valence-corrected chi connectivity index (χ2v) is 5.93. The van der Waals surface area contributed by atoms with E-state index in [2.05, 4.69) is 56.2 Å². The molecule has 108 valence electrons. The minimum atomic E-state index is 0.702. The number of ether oxygens (including phenoxy) is 2. The molecule has 0 unspecified atom stereocenters. The quantitative estimate of drug-likeness (QED) is 0.639. The van der Waals surface area contributed by atoms with Gasteiger partial charge in [0, 0.05) is 20.3 Å². The Balaban J connectivity index is 2.53. The zero-order chi connectivity index (χ0) is 14.1. The van der Waals surface area contributed by atoms with Crippen LogP contribution in [0, 0.1) is 0 Å². The zero-order valence-electron chi connectivity index (χ0n) is 11.5. The lowest BCUT2D eigenvalue weighted by Gasteiger charge is -2.12. The maximum absolute atomic E-state index is 5.80. The molecular formula is C14H21Br2NO2. The van der Waals surface area contributed by atoms with Gasteiger partial charge in [0.15, 0.2) is 0 Å². The molecule has 1 aromatic carbocycles. The third-order valence-electron chi connectivity index (χ3n) is 2.63. The molecule has 1 aromatic rings. The molecular weight excluding hydrogens is 374 g/mol. The molecule has 0 aliphatic heterocycles. The van der Waals surface area contributed by atoms with Crippen LogP contribution in [0.3, 0.4) is 0 Å². The number of halogens is 2. The Morgan fingerprint density at radius 2 is 1.74 bits per heavy atom. The van der Waals surface area contributed by atoms with Gasteiger partial charge in [0.05, 0.1) is 15.6 Å². The van der Waals surface area contributed by atoms with Gasteiger partial charge in [-0.1, -0.05) is 6.92 Å². The average molecular weight is 395 g/mol. The van der Waals surface area contributed by atoms with Gasteiger partial charge in [0.25, 0.3) is 0 Å². The van der Waals surface area contributed by atoms with Gasteiger partial charge in [0.1, 0.15) is 5.75 Å². The van der Waals surface area contributed by atoms with Crippen molar-refractivity contribution in [3.05, 3.63) is 26.6 Å². The third kappa shape index (κ3) is 6.25. The standard InChI is InChI=1S/C14H21Br2NO2/c1-3-17-10-11-8-12(15)14(13(16)9-11)19-7-5-4-6-18-2/h8-9,17H,3-7,10H2,1-2H3. The van der Waals surface area contributed by atoms with Crippen molar-refractivity contribution in [3.63, 3.8) is 0 Å². The predicted molar refractivity (Wildman–Crippen MR) is 85.8 cm³/mol. The summed E-state index contributed by atoms with van der Waals surface area (Å²) in [4.78, 5) is 0. The lowest BCUT2D eigenvalue weighted by Crippen LogP contribution is -2.11. The summed E-state index contributed by atoms with van der Waals surface area (Å²) in [5.74, 6) is 0.873. The normalized spacial score (nSPS) is 10.7. The molecule has 3 nitrogen and oxygen atoms in total. The monoisotopic (exact) mass is 393 g/mol. The first-order valence-corrected chi connectivity index (χ1v) is 8.08. The molecule has 0 atom stereocenters. The highest BCUT2D eigenvalue weighted by Gasteiger charge is 2.08. The first kappa shape index (κ1) is 17.0. The van der Waals surface area contributed by atoms with Crippen molar-refractivity contribution in [2.75, 3.05) is 26.9 Å². The van der Waals surface area contributed by atoms with E-state index >= 15 is 0 Å². The van der Waals surface area contributed by atoms with Crippen LogP contribution in [0.5, 0.6) is 5.75 Å². The minimum absolute atomic E-state index is 0.702. The molecule has 0 saturated heterocycles. The number of hydrogen-bond donors (Lipinski definition) is 1. The summed E-state index contributed by atoms with van der Waals surface area (Å²) < 4.78 is 12.8. The van der Waals surface area contributed by atoms with Crippen LogP contribution in [0.1, 0.15) is 25.3 Å². The van der Waals surface area contributed by atoms with Gasteiger partial charge in [-0.3, -0.25) is 0 Å². The number of methoxy groups -OCH3 is 1. The fraction of sp³-hybridized carbons (Fsp3) is 0.571. The first-order chi connectivity index (χ1) is 9.19. The molecule has 0 heterocycles. The van der Waals surface area contributed by atoms with Gasteiger partial charge >= 0.3 is 0 Å². The fourth-order valence-electron chi connectivity index (χ4n) is 1.64. The summed E-state index contributed by atoms with van der Waals surface area (Å²) in [6, 6.07) is 4.19. The molecule has 0 aromatic heterocycles. The molecule has 0 aliphatic rings. The van der Waals surface area contributed by atoms with Crippen molar-refractivity contribution in [1.82, 2.24) is 5.32 Å². The summed E-state index contributed by atoms with van der Waals surface area (Å²) in [5, 5.41) is 3.31. The number of nitrogens with one attached hydrogen (secondary N) is 1. The molecule has 0 fully saturated rings. The van der Waals surface area contributed by atoms with Crippen molar-refractivity contribution >= 4 is 31.9 Å². The average Bonchev–Trinajstić information content (AvgIpc) is 2.38. The lowest BCUT2D eigenvalue weighted by atomic mass is 10.2. The van der Waals surface area contributed by atoms with Crippen molar-refractivity contribution in [2.24, 2.45) is 0 Å². The summed E-state index contributed by atoms with van der Waals surface area (Å²) in [5.41, 5.74) is 1.23. The van der Waals surface area contributed by atoms with E-state index in [4.69, 9.17) is 9.47 Å². The highest BCUT2D eigenvalue weighted by molar-refractivity contribution is 9.11. The van der Waals surface area contributed by atoms with Crippen molar-refractivity contribution < 1.29 is 9.47 Å². The van der Waals surface area contributed by atoms with Crippen LogP contribution < -0.4 is 10.1 Å². The Bertz CT molecular complexity index is 363. The van der Waals surface area contributed by atoms with Crippen molar-refractivity contribution in [1.29, 1.82) is 0 Å². The highest BCUT2D eigenvalue weighted by atomic mass is 79.9. The van der Waals surface area contributed by atoms with Crippen LogP contribution in [0.15, 0.2) is 21.1 Å². The van der Waals surface area contributed by atoms with Crippen LogP contribution in [0.4, 0.5) is 0 Å². The molecule has 1 rings (SSSR count). The molecule has 0 saturated carbocycles. The number of unbranched alkanes of at least 4 members (excludes halogenated alkanes) is 1. The topological polar surface area (TPSA) is 30.5 Å². The summed E-state index contributed by atoms with van der Waals surface area (Å²) in [7, 11) is 1.72. The maximum atomic E-state index is 5.80. The smallest absolute Gasteiger partial charge is 0.147 e. The van der Waals surface area contributed by atoms with E-state index in [1.54, 1.807) is 7.11 Å². The second-order valence-electron chi connectivity index (χ2n) is 4.22. The summed E-state index contributed by atoms with van der Waals surface area (Å²) in [6.07, 6.45) is 2.01. The van der Waals surface area contributed by atoms with E-state index in [0.29, 0.717) is 6.61 Å². The van der Waals surface area contributed by atoms with E-state index in [-0.39, 0.29) is 0 Å². The van der Waals surface area contributed by atoms with E-state index < -0.39 is 0 Å². The highest BCUT2D eigenvalue weighted by Crippen LogP contribution is 2.34. The van der Waals surface area contributed by atoms with Gasteiger partial charge < -0.3 is 14.8 Å². The van der Waals surface area contributed by atoms with Crippen molar-refractivity contribution in [3.8, 4) is 5.75 Å². The van der Waals surface area contributed by atoms with Crippen LogP contribution in [-0.4, -0.2) is 26.9 Å². The van der Waals surface area contributed by atoms with Gasteiger partial charge in [-0.25, -0.2) is 0 Å². The van der Waals surface area contributed by atoms with Gasteiger partial charge in [-0.05, 0) is 68.9 Å². The molecule has 0 aliphatic carbocycles. The zero-order valence-corrected chi connectivity index (χ0v) is 14.6. The van der Waals surface area contributed by atoms with E-state index in [1.165, 1.54) is 5.56 Å². The van der Waals surface area contributed by atoms with Crippen LogP contribution in [0.2, 0.25) is 0 Å². The second kappa shape index (κ2) is 9.75. The number of hydrogen-bond acceptors (Lipinski definition) is 3. The number of rotatable bonds is 9. The summed E-state index contributed by atoms with van der Waals surface area (Å²) in [6.45, 7) is 5.41. The Hall–Kier alpha value is -0.100. The van der Waals surface area contributed by atoms with Crippen molar-refractivity contribution in [2.45, 2.75) is 26.3 Å². The van der Waals surface area contributed by atoms with Gasteiger partial charge in [0.2, 0.25) is 0 Å². The largest absolute Gasteiger partial charge is 0.491 e. The summed E-state index contributed by atoms with van der Waals surface area (Å²) >= 11 is 7.13. The Kier molecular flexibility index (Phi) is 8.70. The molecule has 5 heteroatoms. The van der Waals surface area contributed by atoms with E-state index in [0.717, 1.165) is 47.2 Å². The van der Waals surface area contributed by atoms with Crippen LogP contribution in [-0.2, 0) is 11.3 Å². The van der Waals surface area contributed by atoms with Gasteiger partial charge in [-0.2, -0.15) is 0 Å². The third-order valence-corrected chi connectivity index (χ3v) is 3.80. The Labute approximate surface area is 132 Å². The van der Waals surface area contributed by atoms with Gasteiger partial charge in [-0.15, -0.1) is 0 Å². The van der Waals surface area contributed by atoms with E-state index in [9.17, 15) is 0 Å². The fourth-order valence-corrected chi connectivity index (χ4v) is 3.15. The molecule has 1 N–H and O–H groups in total. The first-order valence-electron chi connectivity index (χ1n) is 6.49.